The summed E-state index contributed by atoms with van der Waals surface area (Å²) in [5.41, 5.74) is 1.73. The average Bonchev–Trinajstić information content (AvgIpc) is 2.78. The molecule has 0 aromatic carbocycles. The first kappa shape index (κ1) is 18.4. The van der Waals surface area contributed by atoms with Gasteiger partial charge in [-0.15, -0.1) is 0 Å². The first-order chi connectivity index (χ1) is 9.27. The molecule has 0 amide bonds. The molecule has 2 heterocycles. The summed E-state index contributed by atoms with van der Waals surface area (Å²) in [6, 6.07) is 0.292. The molecule has 1 aromatic heterocycles. The van der Waals surface area contributed by atoms with E-state index in [2.05, 4.69) is 16.9 Å². The van der Waals surface area contributed by atoms with E-state index in [0.29, 0.717) is 6.04 Å². The fourth-order valence-electron chi connectivity index (χ4n) is 2.39. The Labute approximate surface area is 121 Å². The first-order valence-corrected chi connectivity index (χ1v) is 7.08. The number of imidazole rings is 1. The number of H-pyrrole nitrogens is 1. The van der Waals surface area contributed by atoms with Gasteiger partial charge in [0, 0.05) is 6.04 Å². The summed E-state index contributed by atoms with van der Waals surface area (Å²) in [5.74, 6) is 0. The molecule has 1 aromatic rings. The van der Waals surface area contributed by atoms with Crippen LogP contribution in [-0.2, 0) is 0 Å². The van der Waals surface area contributed by atoms with E-state index in [1.54, 1.807) is 6.08 Å². The molecule has 114 valence electrons. The second-order valence-corrected chi connectivity index (χ2v) is 4.28. The van der Waals surface area contributed by atoms with Crippen LogP contribution in [0, 0.1) is 0 Å². The summed E-state index contributed by atoms with van der Waals surface area (Å²) in [5, 5.41) is 3.31. The van der Waals surface area contributed by atoms with Crippen LogP contribution in [0.15, 0.2) is 17.4 Å². The minimum Gasteiger partial charge on any atom is -0.344 e. The van der Waals surface area contributed by atoms with E-state index in [1.165, 1.54) is 0 Å². The highest BCUT2D eigenvalue weighted by Gasteiger charge is 2.20. The molecule has 1 aliphatic heterocycles. The molecule has 20 heavy (non-hydrogen) atoms. The molecule has 1 aliphatic rings. The number of aromatic nitrogens is 2. The predicted molar refractivity (Wildman–Crippen MR) is 87.4 cm³/mol. The predicted octanol–water partition coefficient (Wildman–Crippen LogP) is 2.97. The smallest absolute Gasteiger partial charge is 0.326 e. The zero-order chi connectivity index (χ0) is 14.3. The summed E-state index contributed by atoms with van der Waals surface area (Å²) in [6.07, 6.45) is 7.62. The first-order valence-electron chi connectivity index (χ1n) is 7.08. The number of nitrogens with one attached hydrogen (secondary N) is 2. The van der Waals surface area contributed by atoms with Crippen molar-refractivity contribution in [3.63, 3.8) is 0 Å². The largest absolute Gasteiger partial charge is 0.344 e. The minimum atomic E-state index is -0.0279. The molecule has 0 spiro atoms. The number of allylic oxidation sites excluding steroid dienone is 1. The molecule has 5 nitrogen and oxygen atoms in total. The fourth-order valence-corrected chi connectivity index (χ4v) is 2.39. The molecule has 0 radical (unpaired) electrons. The van der Waals surface area contributed by atoms with Crippen LogP contribution in [0.4, 0.5) is 0 Å². The molecule has 1 fully saturated rings. The monoisotopic (exact) mass is 280 g/mol. The van der Waals surface area contributed by atoms with Gasteiger partial charge in [0.05, 0.1) is 11.4 Å². The highest BCUT2D eigenvalue weighted by Crippen LogP contribution is 2.21. The molecular formula is C15H28N4O. The van der Waals surface area contributed by atoms with Gasteiger partial charge in [-0.1, -0.05) is 26.5 Å². The highest BCUT2D eigenvalue weighted by molar-refractivity contribution is 5.58. The van der Waals surface area contributed by atoms with Gasteiger partial charge in [0.1, 0.15) is 0 Å². The number of hydrogen-bond acceptors (Lipinski definition) is 3. The molecule has 5 heteroatoms. The highest BCUT2D eigenvalue weighted by atomic mass is 16.1. The number of hydrogen-bond donors (Lipinski definition) is 3. The van der Waals surface area contributed by atoms with Gasteiger partial charge < -0.3 is 16.5 Å². The lowest BCUT2D eigenvalue weighted by Gasteiger charge is -2.24. The minimum absolute atomic E-state index is 0. The van der Waals surface area contributed by atoms with Crippen molar-refractivity contribution < 1.29 is 0 Å². The molecule has 5 N–H and O–H groups in total. The van der Waals surface area contributed by atoms with E-state index < -0.39 is 0 Å². The Bertz CT molecular complexity index is 479. The molecule has 0 atom stereocenters. The van der Waals surface area contributed by atoms with Gasteiger partial charge >= 0.3 is 5.69 Å². The quantitative estimate of drug-likeness (QED) is 0.795. The van der Waals surface area contributed by atoms with E-state index in [4.69, 9.17) is 0 Å². The van der Waals surface area contributed by atoms with Crippen LogP contribution < -0.4 is 17.2 Å². The summed E-state index contributed by atoms with van der Waals surface area (Å²) < 4.78 is 1.87. The average molecular weight is 280 g/mol. The van der Waals surface area contributed by atoms with Gasteiger partial charge in [-0.2, -0.15) is 0 Å². The third-order valence-electron chi connectivity index (χ3n) is 3.20. The zero-order valence-corrected chi connectivity index (χ0v) is 12.9. The second kappa shape index (κ2) is 9.34. The number of piperidine rings is 1. The normalized spacial score (nSPS) is 15.3. The zero-order valence-electron chi connectivity index (χ0n) is 12.9. The Hall–Kier alpha value is -1.59. The lowest BCUT2D eigenvalue weighted by atomic mass is 10.1. The Kier molecular flexibility index (Phi) is 8.59. The van der Waals surface area contributed by atoms with Gasteiger partial charge in [-0.05, 0) is 45.0 Å². The van der Waals surface area contributed by atoms with Crippen molar-refractivity contribution in [1.82, 2.24) is 21.0 Å². The SMILES string of the molecule is C=Cc1[nH]c(=O)n(C2CCNCC2)c1/C=C\C.CC.N. The van der Waals surface area contributed by atoms with E-state index >= 15 is 0 Å². The maximum atomic E-state index is 12.0. The van der Waals surface area contributed by atoms with Crippen LogP contribution >= 0.6 is 0 Å². The van der Waals surface area contributed by atoms with E-state index in [9.17, 15) is 4.79 Å². The van der Waals surface area contributed by atoms with Crippen molar-refractivity contribution in [3.05, 3.63) is 34.5 Å². The second-order valence-electron chi connectivity index (χ2n) is 4.28. The van der Waals surface area contributed by atoms with Crippen molar-refractivity contribution in [1.29, 1.82) is 0 Å². The third-order valence-corrected chi connectivity index (χ3v) is 3.20. The molecule has 0 bridgehead atoms. The van der Waals surface area contributed by atoms with Gasteiger partial charge in [0.25, 0.3) is 0 Å². The molecule has 0 unspecified atom stereocenters. The van der Waals surface area contributed by atoms with Crippen LogP contribution in [0.1, 0.15) is 51.0 Å². The standard InChI is InChI=1S/C13H19N3O.C2H6.H3N/c1-3-5-12-11(4-2)15-13(17)16(12)10-6-8-14-9-7-10;1-2;/h3-5,10,14H,2,6-9H2,1H3,(H,15,17);1-2H3;1H3/b5-3-;;. The topological polar surface area (TPSA) is 84.8 Å². The van der Waals surface area contributed by atoms with Crippen molar-refractivity contribution in [3.8, 4) is 0 Å². The summed E-state index contributed by atoms with van der Waals surface area (Å²) in [4.78, 5) is 14.9. The maximum absolute atomic E-state index is 12.0. The number of rotatable bonds is 3. The maximum Gasteiger partial charge on any atom is 0.326 e. The molecule has 0 aliphatic carbocycles. The molecule has 1 saturated heterocycles. The summed E-state index contributed by atoms with van der Waals surface area (Å²) in [7, 11) is 0. The van der Waals surface area contributed by atoms with Crippen molar-refractivity contribution in [2.24, 2.45) is 0 Å². The van der Waals surface area contributed by atoms with Crippen LogP contribution in [0.25, 0.3) is 12.2 Å². The van der Waals surface area contributed by atoms with E-state index in [0.717, 1.165) is 37.3 Å². The Balaban J connectivity index is 0.00000115. The number of nitrogens with zero attached hydrogens (tertiary/aromatic N) is 1. The third kappa shape index (κ3) is 3.95. The Morgan fingerprint density at radius 1 is 1.30 bits per heavy atom. The molecular weight excluding hydrogens is 252 g/mol. The Morgan fingerprint density at radius 3 is 2.40 bits per heavy atom. The summed E-state index contributed by atoms with van der Waals surface area (Å²) >= 11 is 0. The van der Waals surface area contributed by atoms with Crippen LogP contribution in [0.3, 0.4) is 0 Å². The van der Waals surface area contributed by atoms with Crippen molar-refractivity contribution >= 4 is 12.2 Å². The van der Waals surface area contributed by atoms with Gasteiger partial charge in [0.2, 0.25) is 0 Å². The molecule has 0 saturated carbocycles. The summed E-state index contributed by atoms with van der Waals surface area (Å²) in [6.45, 7) is 11.6. The van der Waals surface area contributed by atoms with Gasteiger partial charge in [-0.25, -0.2) is 4.79 Å². The lowest BCUT2D eigenvalue weighted by molar-refractivity contribution is 0.360. The van der Waals surface area contributed by atoms with Crippen LogP contribution in [0.5, 0.6) is 0 Å². The number of aromatic amines is 1. The fraction of sp³-hybridized carbons (Fsp3) is 0.533. The van der Waals surface area contributed by atoms with Crippen molar-refractivity contribution in [2.75, 3.05) is 13.1 Å². The molecule has 2 rings (SSSR count). The van der Waals surface area contributed by atoms with E-state index in [-0.39, 0.29) is 11.8 Å². The Morgan fingerprint density at radius 2 is 1.90 bits per heavy atom. The van der Waals surface area contributed by atoms with Crippen LogP contribution in [-0.4, -0.2) is 22.6 Å². The van der Waals surface area contributed by atoms with Crippen LogP contribution in [0.2, 0.25) is 0 Å². The van der Waals surface area contributed by atoms with Gasteiger partial charge in [0.15, 0.2) is 0 Å². The van der Waals surface area contributed by atoms with Gasteiger partial charge in [-0.3, -0.25) is 4.57 Å². The van der Waals surface area contributed by atoms with Crippen molar-refractivity contribution in [2.45, 2.75) is 39.7 Å². The lowest BCUT2D eigenvalue weighted by Crippen LogP contribution is -2.33. The van der Waals surface area contributed by atoms with E-state index in [1.807, 2.05) is 37.5 Å².